The van der Waals surface area contributed by atoms with Crippen LogP contribution in [0.3, 0.4) is 0 Å². The maximum Gasteiger partial charge on any atom is 0.131 e. The Morgan fingerprint density at radius 1 is 1.40 bits per heavy atom. The smallest absolute Gasteiger partial charge is 0.131 e. The molecular formula is C14H22BrN5. The molecule has 2 heterocycles. The molecule has 1 unspecified atom stereocenters. The third-order valence-electron chi connectivity index (χ3n) is 3.26. The third kappa shape index (κ3) is 2.96. The van der Waals surface area contributed by atoms with Crippen molar-refractivity contribution in [1.82, 2.24) is 24.6 Å². The fourth-order valence-corrected chi connectivity index (χ4v) is 2.79. The molecule has 0 amide bonds. The first-order valence-corrected chi connectivity index (χ1v) is 7.79. The van der Waals surface area contributed by atoms with Gasteiger partial charge in [-0.1, -0.05) is 6.92 Å². The van der Waals surface area contributed by atoms with Crippen LogP contribution in [0.25, 0.3) is 0 Å². The Bertz CT molecular complexity index is 558. The van der Waals surface area contributed by atoms with Gasteiger partial charge in [-0.3, -0.25) is 4.68 Å². The second kappa shape index (κ2) is 6.54. The molecule has 6 heteroatoms. The summed E-state index contributed by atoms with van der Waals surface area (Å²) >= 11 is 3.63. The van der Waals surface area contributed by atoms with E-state index in [1.54, 1.807) is 0 Å². The maximum absolute atomic E-state index is 4.51. The van der Waals surface area contributed by atoms with Crippen LogP contribution in [0.4, 0.5) is 0 Å². The van der Waals surface area contributed by atoms with E-state index in [0.717, 1.165) is 29.0 Å². The van der Waals surface area contributed by atoms with Crippen molar-refractivity contribution in [2.24, 2.45) is 7.05 Å². The monoisotopic (exact) mass is 339 g/mol. The van der Waals surface area contributed by atoms with Gasteiger partial charge in [-0.2, -0.15) is 5.10 Å². The highest BCUT2D eigenvalue weighted by Crippen LogP contribution is 2.29. The average Bonchev–Trinajstić information content (AvgIpc) is 2.98. The zero-order chi connectivity index (χ0) is 14.7. The molecule has 110 valence electrons. The summed E-state index contributed by atoms with van der Waals surface area (Å²) in [4.78, 5) is 4.51. The van der Waals surface area contributed by atoms with Gasteiger partial charge in [0.1, 0.15) is 11.9 Å². The van der Waals surface area contributed by atoms with Crippen LogP contribution < -0.4 is 5.32 Å². The van der Waals surface area contributed by atoms with Crippen molar-refractivity contribution in [1.29, 1.82) is 0 Å². The number of nitrogens with one attached hydrogen (secondary N) is 1. The number of aryl methyl sites for hydroxylation is 1. The highest BCUT2D eigenvalue weighted by molar-refractivity contribution is 9.10. The molecule has 0 saturated carbocycles. The van der Waals surface area contributed by atoms with Gasteiger partial charge in [-0.15, -0.1) is 0 Å². The maximum atomic E-state index is 4.51. The summed E-state index contributed by atoms with van der Waals surface area (Å²) in [5.41, 5.74) is 1.13. The Morgan fingerprint density at radius 2 is 2.15 bits per heavy atom. The zero-order valence-corrected chi connectivity index (χ0v) is 14.1. The van der Waals surface area contributed by atoms with Gasteiger partial charge in [0.2, 0.25) is 0 Å². The molecule has 0 aliphatic carbocycles. The van der Waals surface area contributed by atoms with E-state index in [1.807, 2.05) is 30.3 Å². The lowest BCUT2D eigenvalue weighted by Crippen LogP contribution is -2.29. The number of nitrogens with zero attached hydrogens (tertiary/aromatic N) is 4. The van der Waals surface area contributed by atoms with E-state index in [9.17, 15) is 0 Å². The fourth-order valence-electron chi connectivity index (χ4n) is 2.29. The van der Waals surface area contributed by atoms with E-state index in [-0.39, 0.29) is 6.04 Å². The first-order valence-electron chi connectivity index (χ1n) is 6.99. The highest BCUT2D eigenvalue weighted by Gasteiger charge is 2.25. The molecule has 0 radical (unpaired) electrons. The number of hydrogen-bond acceptors (Lipinski definition) is 3. The van der Waals surface area contributed by atoms with Crippen molar-refractivity contribution >= 4 is 15.9 Å². The van der Waals surface area contributed by atoms with Crippen molar-refractivity contribution in [3.05, 3.63) is 34.6 Å². The summed E-state index contributed by atoms with van der Waals surface area (Å²) in [7, 11) is 2.02. The number of hydrogen-bond donors (Lipinski definition) is 1. The predicted octanol–water partition coefficient (Wildman–Crippen LogP) is 3.05. The lowest BCUT2D eigenvalue weighted by Gasteiger charge is -2.22. The summed E-state index contributed by atoms with van der Waals surface area (Å²) < 4.78 is 5.12. The predicted molar refractivity (Wildman–Crippen MR) is 83.7 cm³/mol. The standard InChI is InChI=1S/C14H22BrN5/c1-5-6-16-12(14-17-7-8-19(14)4)13-11(15)9-18-20(13)10(2)3/h7-10,12,16H,5-6H2,1-4H3. The Morgan fingerprint density at radius 3 is 2.70 bits per heavy atom. The van der Waals surface area contributed by atoms with Gasteiger partial charge in [-0.05, 0) is 42.7 Å². The number of imidazole rings is 1. The fraction of sp³-hybridized carbons (Fsp3) is 0.571. The molecule has 1 N–H and O–H groups in total. The van der Waals surface area contributed by atoms with E-state index in [4.69, 9.17) is 0 Å². The van der Waals surface area contributed by atoms with Crippen molar-refractivity contribution < 1.29 is 0 Å². The van der Waals surface area contributed by atoms with E-state index >= 15 is 0 Å². The number of halogens is 1. The summed E-state index contributed by atoms with van der Waals surface area (Å²) in [6, 6.07) is 0.344. The molecule has 0 fully saturated rings. The van der Waals surface area contributed by atoms with E-state index in [1.165, 1.54) is 0 Å². The molecular weight excluding hydrogens is 318 g/mol. The van der Waals surface area contributed by atoms with Crippen LogP contribution in [0, 0.1) is 0 Å². The number of rotatable bonds is 6. The molecule has 0 spiro atoms. The van der Waals surface area contributed by atoms with E-state index < -0.39 is 0 Å². The molecule has 2 aromatic rings. The normalized spacial score (nSPS) is 13.1. The minimum Gasteiger partial charge on any atom is -0.336 e. The minimum atomic E-state index is 0.0363. The molecule has 20 heavy (non-hydrogen) atoms. The number of aromatic nitrogens is 4. The molecule has 2 aromatic heterocycles. The van der Waals surface area contributed by atoms with E-state index in [2.05, 4.69) is 56.7 Å². The molecule has 0 saturated heterocycles. The lowest BCUT2D eigenvalue weighted by molar-refractivity contribution is 0.457. The molecule has 5 nitrogen and oxygen atoms in total. The third-order valence-corrected chi connectivity index (χ3v) is 3.88. The molecule has 0 bridgehead atoms. The highest BCUT2D eigenvalue weighted by atomic mass is 79.9. The molecule has 0 aliphatic rings. The van der Waals surface area contributed by atoms with Crippen LogP contribution in [-0.4, -0.2) is 25.9 Å². The van der Waals surface area contributed by atoms with Crippen LogP contribution in [-0.2, 0) is 7.05 Å². The molecule has 1 atom stereocenters. The molecule has 0 aromatic carbocycles. The van der Waals surface area contributed by atoms with Crippen LogP contribution >= 0.6 is 15.9 Å². The summed E-state index contributed by atoms with van der Waals surface area (Å²) in [5, 5.41) is 8.05. The summed E-state index contributed by atoms with van der Waals surface area (Å²) in [6.45, 7) is 7.38. The Kier molecular flexibility index (Phi) is 4.99. The van der Waals surface area contributed by atoms with Crippen LogP contribution in [0.1, 0.15) is 50.8 Å². The van der Waals surface area contributed by atoms with Gasteiger partial charge < -0.3 is 9.88 Å². The van der Waals surface area contributed by atoms with Crippen LogP contribution in [0.2, 0.25) is 0 Å². The van der Waals surface area contributed by atoms with Crippen molar-refractivity contribution in [3.8, 4) is 0 Å². The lowest BCUT2D eigenvalue weighted by atomic mass is 10.1. The van der Waals surface area contributed by atoms with Gasteiger partial charge in [0, 0.05) is 25.5 Å². The van der Waals surface area contributed by atoms with Crippen molar-refractivity contribution in [2.45, 2.75) is 39.3 Å². The second-order valence-electron chi connectivity index (χ2n) is 5.20. The second-order valence-corrected chi connectivity index (χ2v) is 6.05. The molecule has 2 rings (SSSR count). The average molecular weight is 340 g/mol. The van der Waals surface area contributed by atoms with Crippen LogP contribution in [0.15, 0.2) is 23.1 Å². The Balaban J connectivity index is 2.46. The first-order chi connectivity index (χ1) is 9.56. The topological polar surface area (TPSA) is 47.7 Å². The molecule has 0 aliphatic heterocycles. The van der Waals surface area contributed by atoms with Crippen LogP contribution in [0.5, 0.6) is 0 Å². The Labute approximate surface area is 128 Å². The largest absolute Gasteiger partial charge is 0.336 e. The first kappa shape index (κ1) is 15.3. The quantitative estimate of drug-likeness (QED) is 0.879. The van der Waals surface area contributed by atoms with Gasteiger partial charge in [-0.25, -0.2) is 4.98 Å². The van der Waals surface area contributed by atoms with Gasteiger partial charge >= 0.3 is 0 Å². The SMILES string of the molecule is CCCNC(c1nccn1C)c1c(Br)cnn1C(C)C. The summed E-state index contributed by atoms with van der Waals surface area (Å²) in [6.07, 6.45) is 6.74. The Hall–Kier alpha value is -1.14. The van der Waals surface area contributed by atoms with E-state index in [0.29, 0.717) is 6.04 Å². The van der Waals surface area contributed by atoms with Gasteiger partial charge in [0.25, 0.3) is 0 Å². The summed E-state index contributed by atoms with van der Waals surface area (Å²) in [5.74, 6) is 1.00. The van der Waals surface area contributed by atoms with Crippen molar-refractivity contribution in [2.75, 3.05) is 6.54 Å². The minimum absolute atomic E-state index is 0.0363. The van der Waals surface area contributed by atoms with Gasteiger partial charge in [0.15, 0.2) is 0 Å². The van der Waals surface area contributed by atoms with Crippen molar-refractivity contribution in [3.63, 3.8) is 0 Å². The zero-order valence-electron chi connectivity index (χ0n) is 12.5. The van der Waals surface area contributed by atoms with Gasteiger partial charge in [0.05, 0.1) is 16.4 Å².